The number of para-hydroxylation sites is 2. The van der Waals surface area contributed by atoms with Gasteiger partial charge in [-0.3, -0.25) is 19.5 Å². The van der Waals surface area contributed by atoms with Crippen LogP contribution in [0.5, 0.6) is 0 Å². The molecule has 4 unspecified atom stereocenters. The normalized spacial score (nSPS) is 25.2. The van der Waals surface area contributed by atoms with Gasteiger partial charge in [0, 0.05) is 32.7 Å². The molecule has 2 aliphatic carbocycles. The molecule has 2 heterocycles. The van der Waals surface area contributed by atoms with Crippen molar-refractivity contribution in [3.8, 4) is 0 Å². The third-order valence-electron chi connectivity index (χ3n) is 7.19. The molecule has 1 saturated heterocycles. The Hall–Kier alpha value is -2.43. The molecule has 0 radical (unpaired) electrons. The van der Waals surface area contributed by atoms with E-state index in [9.17, 15) is 9.59 Å². The van der Waals surface area contributed by atoms with Gasteiger partial charge in [0.25, 0.3) is 0 Å². The van der Waals surface area contributed by atoms with E-state index in [1.165, 1.54) is 4.90 Å². The maximum atomic E-state index is 12.8. The van der Waals surface area contributed by atoms with Gasteiger partial charge in [-0.1, -0.05) is 24.3 Å². The van der Waals surface area contributed by atoms with Crippen LogP contribution in [-0.2, 0) is 16.1 Å². The molecule has 9 heteroatoms. The number of nitrogens with one attached hydrogen (secondary N) is 2. The Kier molecular flexibility index (Phi) is 7.59. The molecule has 1 aliphatic heterocycles. The lowest BCUT2D eigenvalue weighted by molar-refractivity contribution is -0.140. The van der Waals surface area contributed by atoms with E-state index in [4.69, 9.17) is 0 Å². The quantitative estimate of drug-likeness (QED) is 0.126. The minimum absolute atomic E-state index is 0. The van der Waals surface area contributed by atoms with E-state index in [0.29, 0.717) is 25.6 Å². The first-order valence-corrected chi connectivity index (χ1v) is 12.1. The zero-order chi connectivity index (χ0) is 22.9. The average Bonchev–Trinajstić information content (AvgIpc) is 3.55. The van der Waals surface area contributed by atoms with Gasteiger partial charge in [0.15, 0.2) is 5.96 Å². The lowest BCUT2D eigenvalue weighted by Crippen LogP contribution is -2.43. The van der Waals surface area contributed by atoms with Crippen LogP contribution in [0.4, 0.5) is 0 Å². The highest BCUT2D eigenvalue weighted by molar-refractivity contribution is 14.0. The zero-order valence-electron chi connectivity index (χ0n) is 19.7. The van der Waals surface area contributed by atoms with Gasteiger partial charge in [-0.05, 0) is 50.7 Å². The molecule has 8 nitrogen and oxygen atoms in total. The number of imide groups is 1. The molecule has 2 amide bonds. The number of likely N-dealkylation sites (tertiary alicyclic amines) is 1. The number of allylic oxidation sites excluding steroid dienone is 2. The van der Waals surface area contributed by atoms with Crippen LogP contribution < -0.4 is 10.6 Å². The number of rotatable bonds is 8. The molecule has 2 fully saturated rings. The summed E-state index contributed by atoms with van der Waals surface area (Å²) in [6.45, 7) is 7.21. The Morgan fingerprint density at radius 2 is 1.79 bits per heavy atom. The molecule has 1 saturated carbocycles. The Morgan fingerprint density at radius 3 is 2.50 bits per heavy atom. The van der Waals surface area contributed by atoms with Crippen LogP contribution in [0.3, 0.4) is 0 Å². The van der Waals surface area contributed by atoms with Gasteiger partial charge in [0.05, 0.1) is 22.9 Å². The number of fused-ring (bicyclic) bond motifs is 6. The van der Waals surface area contributed by atoms with Crippen LogP contribution in [0.1, 0.15) is 25.6 Å². The minimum atomic E-state index is -0.128. The molecule has 34 heavy (non-hydrogen) atoms. The van der Waals surface area contributed by atoms with Gasteiger partial charge in [0.2, 0.25) is 11.8 Å². The number of aliphatic imine (C=N–C) groups is 1. The molecule has 0 spiro atoms. The summed E-state index contributed by atoms with van der Waals surface area (Å²) < 4.78 is 2.23. The van der Waals surface area contributed by atoms with Gasteiger partial charge in [-0.15, -0.1) is 24.0 Å². The molecule has 2 bridgehead atoms. The lowest BCUT2D eigenvalue weighted by Gasteiger charge is -2.18. The van der Waals surface area contributed by atoms with Crippen LogP contribution in [0.15, 0.2) is 41.4 Å². The number of hydrogen-bond acceptors (Lipinski definition) is 4. The molecule has 5 rings (SSSR count). The smallest absolute Gasteiger partial charge is 0.233 e. The number of nitrogens with zero attached hydrogens (tertiary/aromatic N) is 4. The average molecular weight is 576 g/mol. The molecule has 1 aromatic carbocycles. The summed E-state index contributed by atoms with van der Waals surface area (Å²) in [5, 5.41) is 6.54. The van der Waals surface area contributed by atoms with Crippen LogP contribution in [0.2, 0.25) is 0 Å². The number of guanidine groups is 1. The standard InChI is InChI=1S/C25H32N6O2.HI/c1-3-26-25(27-11-6-13-30-16(2)29-19-7-4-5-8-20(19)30)28-12-14-31-23(32)21-17-9-10-18(15-17)22(21)24(31)33;/h4-5,7-10,17-18,21-22H,3,6,11-15H2,1-2H3,(H2,26,27,28);1H. The molecule has 2 N–H and O–H groups in total. The Bertz CT molecular complexity index is 1100. The number of aryl methyl sites for hydroxylation is 2. The maximum absolute atomic E-state index is 12.8. The highest BCUT2D eigenvalue weighted by atomic mass is 127. The van der Waals surface area contributed by atoms with Crippen molar-refractivity contribution in [3.63, 3.8) is 0 Å². The van der Waals surface area contributed by atoms with Crippen molar-refractivity contribution in [3.05, 3.63) is 42.2 Å². The number of carbonyl (C=O) groups excluding carboxylic acids is 2. The second-order valence-corrected chi connectivity index (χ2v) is 9.17. The third kappa shape index (κ3) is 4.46. The molecular weight excluding hydrogens is 543 g/mol. The first kappa shape index (κ1) is 24.7. The van der Waals surface area contributed by atoms with E-state index >= 15 is 0 Å². The summed E-state index contributed by atoms with van der Waals surface area (Å²) in [5.74, 6) is 2.00. The topological polar surface area (TPSA) is 91.6 Å². The van der Waals surface area contributed by atoms with E-state index in [1.54, 1.807) is 0 Å². The van der Waals surface area contributed by atoms with Gasteiger partial charge in [0.1, 0.15) is 5.82 Å². The Balaban J connectivity index is 0.00000274. The third-order valence-corrected chi connectivity index (χ3v) is 7.19. The fourth-order valence-corrected chi connectivity index (χ4v) is 5.71. The van der Waals surface area contributed by atoms with Crippen molar-refractivity contribution in [1.29, 1.82) is 0 Å². The second kappa shape index (κ2) is 10.5. The summed E-state index contributed by atoms with van der Waals surface area (Å²) in [4.78, 5) is 36.4. The predicted octanol–water partition coefficient (Wildman–Crippen LogP) is 2.72. The molecular formula is C25H33IN6O2. The Morgan fingerprint density at radius 1 is 1.09 bits per heavy atom. The SMILES string of the molecule is CCNC(=NCCCn1c(C)nc2ccccc21)NCCN1C(=O)C2C3C=CC(C3)C2C1=O.I. The highest BCUT2D eigenvalue weighted by Gasteiger charge is 2.58. The summed E-state index contributed by atoms with van der Waals surface area (Å²) in [7, 11) is 0. The van der Waals surface area contributed by atoms with Crippen molar-refractivity contribution in [1.82, 2.24) is 25.1 Å². The highest BCUT2D eigenvalue weighted by Crippen LogP contribution is 2.52. The monoisotopic (exact) mass is 576 g/mol. The van der Waals surface area contributed by atoms with Crippen LogP contribution in [-0.4, -0.2) is 58.4 Å². The fraction of sp³-hybridized carbons (Fsp3) is 0.520. The van der Waals surface area contributed by atoms with Gasteiger partial charge in [-0.25, -0.2) is 4.98 Å². The Labute approximate surface area is 217 Å². The zero-order valence-corrected chi connectivity index (χ0v) is 22.1. The van der Waals surface area contributed by atoms with E-state index in [2.05, 4.69) is 43.4 Å². The van der Waals surface area contributed by atoms with Crippen molar-refractivity contribution in [2.45, 2.75) is 33.2 Å². The largest absolute Gasteiger partial charge is 0.357 e. The molecule has 4 atom stereocenters. The van der Waals surface area contributed by atoms with Gasteiger partial charge >= 0.3 is 0 Å². The minimum Gasteiger partial charge on any atom is -0.357 e. The van der Waals surface area contributed by atoms with Gasteiger partial charge < -0.3 is 15.2 Å². The number of carbonyl (C=O) groups is 2. The first-order valence-electron chi connectivity index (χ1n) is 12.1. The van der Waals surface area contributed by atoms with E-state index in [-0.39, 0.29) is 59.5 Å². The van der Waals surface area contributed by atoms with Crippen LogP contribution in [0.25, 0.3) is 11.0 Å². The number of halogens is 1. The summed E-state index contributed by atoms with van der Waals surface area (Å²) >= 11 is 0. The number of amides is 2. The van der Waals surface area contributed by atoms with E-state index in [1.807, 2.05) is 32.0 Å². The van der Waals surface area contributed by atoms with E-state index < -0.39 is 0 Å². The molecule has 182 valence electrons. The number of benzene rings is 1. The molecule has 1 aromatic heterocycles. The van der Waals surface area contributed by atoms with Crippen LogP contribution in [0, 0.1) is 30.6 Å². The van der Waals surface area contributed by atoms with Crippen LogP contribution >= 0.6 is 24.0 Å². The van der Waals surface area contributed by atoms with Crippen molar-refractivity contribution < 1.29 is 9.59 Å². The number of aromatic nitrogens is 2. The second-order valence-electron chi connectivity index (χ2n) is 9.17. The number of imidazole rings is 1. The summed E-state index contributed by atoms with van der Waals surface area (Å²) in [5.41, 5.74) is 2.17. The van der Waals surface area contributed by atoms with Crippen molar-refractivity contribution >= 4 is 52.8 Å². The first-order chi connectivity index (χ1) is 16.1. The van der Waals surface area contributed by atoms with Crippen molar-refractivity contribution in [2.24, 2.45) is 28.7 Å². The fourth-order valence-electron chi connectivity index (χ4n) is 5.71. The van der Waals surface area contributed by atoms with E-state index in [0.717, 1.165) is 42.8 Å². The maximum Gasteiger partial charge on any atom is 0.233 e. The number of hydrogen-bond donors (Lipinski definition) is 2. The predicted molar refractivity (Wildman–Crippen MR) is 143 cm³/mol. The molecule has 3 aliphatic rings. The molecule has 2 aromatic rings. The lowest BCUT2D eigenvalue weighted by atomic mass is 9.85. The van der Waals surface area contributed by atoms with Crippen molar-refractivity contribution in [2.75, 3.05) is 26.2 Å². The summed E-state index contributed by atoms with van der Waals surface area (Å²) in [6.07, 6.45) is 6.11. The van der Waals surface area contributed by atoms with Gasteiger partial charge in [-0.2, -0.15) is 0 Å². The summed E-state index contributed by atoms with van der Waals surface area (Å²) in [6, 6.07) is 8.18.